The molecule has 0 aliphatic heterocycles. The van der Waals surface area contributed by atoms with E-state index in [0.29, 0.717) is 4.59 Å². The fraction of sp³-hybridized carbons (Fsp3) is 0.571. The summed E-state index contributed by atoms with van der Waals surface area (Å²) >= 11 is 0. The second kappa shape index (κ2) is 5.32. The van der Waals surface area contributed by atoms with Crippen LogP contribution in [-0.4, -0.2) is 31.6 Å². The van der Waals surface area contributed by atoms with Gasteiger partial charge in [0.2, 0.25) is 0 Å². The molecule has 1 amide bonds. The van der Waals surface area contributed by atoms with Crippen molar-refractivity contribution in [2.24, 2.45) is 0 Å². The van der Waals surface area contributed by atoms with Gasteiger partial charge in [-0.1, -0.05) is 6.08 Å². The van der Waals surface area contributed by atoms with E-state index in [-0.39, 0.29) is 22.9 Å². The van der Waals surface area contributed by atoms with Crippen molar-refractivity contribution in [1.29, 1.82) is 0 Å². The average molecular weight is 223 g/mol. The maximum Gasteiger partial charge on any atom is 0.288 e. The van der Waals surface area contributed by atoms with Crippen molar-refractivity contribution in [2.45, 2.75) is 6.92 Å². The predicted octanol–water partition coefficient (Wildman–Crippen LogP) is -2.70. The number of nitrogens with one attached hydrogen (secondary N) is 1. The monoisotopic (exact) mass is 222 g/mol. The number of allylic oxidation sites excluding steroid dienone is 1. The zero-order valence-corrected chi connectivity index (χ0v) is 8.97. The lowest BCUT2D eigenvalue weighted by Crippen LogP contribution is -3.00. The Balaban J connectivity index is 0. The third kappa shape index (κ3) is 9.65. The molecule has 0 spiro atoms. The molecule has 1 N–H and O–H groups in total. The fourth-order valence-corrected chi connectivity index (χ4v) is 0.519. The van der Waals surface area contributed by atoms with Gasteiger partial charge in [-0.3, -0.25) is 4.79 Å². The molecule has 0 bridgehead atoms. The third-order valence-electron chi connectivity index (χ3n) is 0.764. The third-order valence-corrected chi connectivity index (χ3v) is 0.764. The van der Waals surface area contributed by atoms with Crippen LogP contribution in [0.5, 0.6) is 0 Å². The molecule has 0 aromatic carbocycles. The number of carbonyl (C=O) groups is 1. The molecule has 66 valence electrons. The van der Waals surface area contributed by atoms with Crippen molar-refractivity contribution in [3.63, 3.8) is 0 Å². The number of rotatable bonds is 2. The lowest BCUT2D eigenvalue weighted by molar-refractivity contribution is -0.905. The molecule has 0 aromatic heterocycles. The van der Waals surface area contributed by atoms with Crippen molar-refractivity contribution < 1.29 is 26.4 Å². The Morgan fingerprint density at radius 2 is 1.82 bits per heavy atom. The topological polar surface area (TPSA) is 29.1 Å². The average Bonchev–Trinajstić information content (AvgIpc) is 1.59. The first-order valence-electron chi connectivity index (χ1n) is 3.22. The Labute approximate surface area is 78.4 Å². The SMILES string of the molecule is CC=CC(=O)N[N+](C)(C)C.[Br-]. The lowest BCUT2D eigenvalue weighted by atomic mass is 10.5. The summed E-state index contributed by atoms with van der Waals surface area (Å²) in [5, 5.41) is 0. The number of nitrogens with zero attached hydrogens (tertiary/aromatic N) is 1. The Morgan fingerprint density at radius 1 is 1.36 bits per heavy atom. The summed E-state index contributed by atoms with van der Waals surface area (Å²) in [6.07, 6.45) is 3.22. The quantitative estimate of drug-likeness (QED) is 0.308. The molecule has 0 aliphatic carbocycles. The van der Waals surface area contributed by atoms with E-state index in [4.69, 9.17) is 0 Å². The van der Waals surface area contributed by atoms with Gasteiger partial charge in [0.25, 0.3) is 5.91 Å². The maximum atomic E-state index is 10.8. The lowest BCUT2D eigenvalue weighted by Gasteiger charge is -2.22. The summed E-state index contributed by atoms with van der Waals surface area (Å²) < 4.78 is 0.448. The van der Waals surface area contributed by atoms with Crippen molar-refractivity contribution >= 4 is 5.91 Å². The minimum absolute atomic E-state index is 0. The largest absolute Gasteiger partial charge is 1.00 e. The zero-order chi connectivity index (χ0) is 8.20. The highest BCUT2D eigenvalue weighted by molar-refractivity contribution is 5.86. The standard InChI is InChI=1S/C7H14N2O.BrH/c1-5-6-7(10)8-9(2,3)4;/h5-6H,1-4H3;1H. The number of quaternary nitrogens is 1. The first-order valence-corrected chi connectivity index (χ1v) is 3.22. The van der Waals surface area contributed by atoms with Crippen molar-refractivity contribution in [3.05, 3.63) is 12.2 Å². The Bertz CT molecular complexity index is 149. The molecule has 3 nitrogen and oxygen atoms in total. The molecular weight excluding hydrogens is 208 g/mol. The van der Waals surface area contributed by atoms with Gasteiger partial charge >= 0.3 is 0 Å². The van der Waals surface area contributed by atoms with E-state index >= 15 is 0 Å². The van der Waals surface area contributed by atoms with Gasteiger partial charge < -0.3 is 17.0 Å². The number of halogens is 1. The number of hydrogen-bond acceptors (Lipinski definition) is 1. The molecule has 0 saturated heterocycles. The molecule has 0 atom stereocenters. The smallest absolute Gasteiger partial charge is 0.288 e. The van der Waals surface area contributed by atoms with Crippen LogP contribution >= 0.6 is 0 Å². The Hall–Kier alpha value is -0.350. The molecule has 4 heteroatoms. The fourth-order valence-electron chi connectivity index (χ4n) is 0.519. The summed E-state index contributed by atoms with van der Waals surface area (Å²) in [4.78, 5) is 10.8. The van der Waals surface area contributed by atoms with Gasteiger partial charge in [-0.15, -0.1) is 0 Å². The van der Waals surface area contributed by atoms with E-state index in [0.717, 1.165) is 0 Å². The van der Waals surface area contributed by atoms with Gasteiger partial charge in [0, 0.05) is 6.08 Å². The van der Waals surface area contributed by atoms with Crippen molar-refractivity contribution in [2.75, 3.05) is 21.1 Å². The minimum Gasteiger partial charge on any atom is -1.00 e. The molecule has 0 unspecified atom stereocenters. The molecule has 0 rings (SSSR count). The molecule has 0 saturated carbocycles. The highest BCUT2D eigenvalue weighted by Crippen LogP contribution is 1.82. The highest BCUT2D eigenvalue weighted by Gasteiger charge is 2.08. The molecule has 0 fully saturated rings. The minimum atomic E-state index is -0.0602. The van der Waals surface area contributed by atoms with E-state index in [2.05, 4.69) is 5.43 Å². The van der Waals surface area contributed by atoms with Crippen LogP contribution in [0.25, 0.3) is 0 Å². The summed E-state index contributed by atoms with van der Waals surface area (Å²) in [6, 6.07) is 0. The van der Waals surface area contributed by atoms with Gasteiger partial charge in [-0.2, -0.15) is 5.43 Å². The van der Waals surface area contributed by atoms with Crippen molar-refractivity contribution in [1.82, 2.24) is 5.43 Å². The van der Waals surface area contributed by atoms with Gasteiger partial charge in [0.05, 0.1) is 21.1 Å². The highest BCUT2D eigenvalue weighted by atomic mass is 79.9. The first kappa shape index (κ1) is 13.3. The van der Waals surface area contributed by atoms with Gasteiger partial charge in [0.1, 0.15) is 0 Å². The van der Waals surface area contributed by atoms with Crippen LogP contribution in [0.3, 0.4) is 0 Å². The van der Waals surface area contributed by atoms with Gasteiger partial charge in [0.15, 0.2) is 0 Å². The van der Waals surface area contributed by atoms with Crippen LogP contribution in [0.2, 0.25) is 0 Å². The van der Waals surface area contributed by atoms with Gasteiger partial charge in [-0.25, -0.2) is 4.59 Å². The maximum absolute atomic E-state index is 10.8. The Kier molecular flexibility index (Phi) is 6.41. The zero-order valence-electron chi connectivity index (χ0n) is 7.39. The van der Waals surface area contributed by atoms with E-state index in [9.17, 15) is 4.79 Å². The predicted molar refractivity (Wildman–Crippen MR) is 41.0 cm³/mol. The first-order chi connectivity index (χ1) is 4.45. The van der Waals surface area contributed by atoms with E-state index in [1.54, 1.807) is 6.08 Å². The van der Waals surface area contributed by atoms with Crippen LogP contribution in [0.4, 0.5) is 0 Å². The van der Waals surface area contributed by atoms with Crippen molar-refractivity contribution in [3.8, 4) is 0 Å². The molecule has 0 aliphatic rings. The van der Waals surface area contributed by atoms with Crippen LogP contribution < -0.4 is 22.4 Å². The van der Waals surface area contributed by atoms with Crippen LogP contribution in [0.1, 0.15) is 6.92 Å². The molecular formula is C7H15BrN2O. The van der Waals surface area contributed by atoms with Crippen LogP contribution in [-0.2, 0) is 4.79 Å². The number of hydrogen-bond donors (Lipinski definition) is 1. The molecule has 11 heavy (non-hydrogen) atoms. The van der Waals surface area contributed by atoms with E-state index in [1.807, 2.05) is 28.1 Å². The summed E-state index contributed by atoms with van der Waals surface area (Å²) in [7, 11) is 5.67. The summed E-state index contributed by atoms with van der Waals surface area (Å²) in [6.45, 7) is 1.81. The summed E-state index contributed by atoms with van der Waals surface area (Å²) in [5.74, 6) is -0.0602. The number of amides is 1. The number of carbonyl (C=O) groups excluding carboxylic acids is 1. The van der Waals surface area contributed by atoms with E-state index in [1.165, 1.54) is 6.08 Å². The van der Waals surface area contributed by atoms with E-state index < -0.39 is 0 Å². The molecule has 0 radical (unpaired) electrons. The second-order valence-electron chi connectivity index (χ2n) is 2.99. The van der Waals surface area contributed by atoms with Crippen LogP contribution in [0.15, 0.2) is 12.2 Å². The summed E-state index contributed by atoms with van der Waals surface area (Å²) in [5.41, 5.74) is 2.73. The molecule has 0 heterocycles. The van der Waals surface area contributed by atoms with Crippen LogP contribution in [0, 0.1) is 0 Å². The second-order valence-corrected chi connectivity index (χ2v) is 2.99. The molecule has 0 aromatic rings. The normalized spacial score (nSPS) is 10.9. The Morgan fingerprint density at radius 3 is 2.09 bits per heavy atom. The van der Waals surface area contributed by atoms with Gasteiger partial charge in [-0.05, 0) is 6.92 Å².